The van der Waals surface area contributed by atoms with E-state index in [1.807, 2.05) is 4.90 Å². The van der Waals surface area contributed by atoms with E-state index in [-0.39, 0.29) is 6.03 Å². The Hall–Kier alpha value is -0.840. The molecule has 0 aromatic carbocycles. The molecule has 1 saturated carbocycles. The number of amides is 2. The van der Waals surface area contributed by atoms with Crippen molar-refractivity contribution < 1.29 is 4.79 Å². The Morgan fingerprint density at radius 2 is 1.75 bits per heavy atom. The molecule has 4 nitrogen and oxygen atoms in total. The van der Waals surface area contributed by atoms with E-state index in [2.05, 4.69) is 5.32 Å². The molecule has 1 saturated heterocycles. The molecule has 2 rings (SSSR count). The first-order valence-electron chi connectivity index (χ1n) is 6.01. The minimum Gasteiger partial charge on any atom is -0.391 e. The quantitative estimate of drug-likeness (QED) is 0.718. The molecule has 0 radical (unpaired) electrons. The van der Waals surface area contributed by atoms with Gasteiger partial charge >= 0.3 is 6.03 Å². The molecule has 0 atom stereocenters. The van der Waals surface area contributed by atoms with Gasteiger partial charge in [-0.15, -0.1) is 0 Å². The summed E-state index contributed by atoms with van der Waals surface area (Å²) in [7, 11) is 0. The summed E-state index contributed by atoms with van der Waals surface area (Å²) in [5.41, 5.74) is 5.37. The number of nitrogens with zero attached hydrogens (tertiary/aromatic N) is 1. The van der Waals surface area contributed by atoms with Gasteiger partial charge in [0.1, 0.15) is 0 Å². The zero-order valence-corrected chi connectivity index (χ0v) is 10.3. The Morgan fingerprint density at radius 3 is 2.25 bits per heavy atom. The van der Waals surface area contributed by atoms with Crippen LogP contribution in [0, 0.1) is 0 Å². The fraction of sp³-hybridized carbons (Fsp3) is 0.818. The Balaban J connectivity index is 2.00. The first-order valence-corrected chi connectivity index (χ1v) is 6.42. The molecule has 0 aromatic rings. The number of nitrogens with two attached hydrogens (primary N) is 1. The minimum absolute atomic E-state index is 0.00667. The highest BCUT2D eigenvalue weighted by Gasteiger charge is 2.39. The van der Waals surface area contributed by atoms with E-state index in [0.717, 1.165) is 51.6 Å². The lowest BCUT2D eigenvalue weighted by atomic mass is 9.98. The maximum atomic E-state index is 12.0. The normalized spacial score (nSPS) is 23.4. The zero-order chi connectivity index (χ0) is 11.6. The fourth-order valence-electron chi connectivity index (χ4n) is 2.62. The van der Waals surface area contributed by atoms with Gasteiger partial charge in [-0.2, -0.15) is 0 Å². The molecular formula is C11H19N3OS. The second kappa shape index (κ2) is 4.57. The molecule has 0 unspecified atom stereocenters. The third kappa shape index (κ3) is 2.14. The van der Waals surface area contributed by atoms with Gasteiger partial charge in [0.05, 0.1) is 10.5 Å². The van der Waals surface area contributed by atoms with Crippen LogP contribution in [0.25, 0.3) is 0 Å². The second-order valence-corrected chi connectivity index (χ2v) is 5.22. The molecule has 3 N–H and O–H groups in total. The Labute approximate surface area is 102 Å². The molecule has 5 heteroatoms. The molecule has 1 heterocycles. The lowest BCUT2D eigenvalue weighted by Gasteiger charge is -2.31. The van der Waals surface area contributed by atoms with Crippen LogP contribution in [-0.4, -0.2) is 34.5 Å². The maximum absolute atomic E-state index is 12.0. The number of nitrogens with one attached hydrogen (secondary N) is 1. The summed E-state index contributed by atoms with van der Waals surface area (Å²) in [6, 6.07) is 0.00667. The largest absolute Gasteiger partial charge is 0.391 e. The van der Waals surface area contributed by atoms with Crippen molar-refractivity contribution >= 4 is 23.2 Å². The van der Waals surface area contributed by atoms with Crippen LogP contribution in [-0.2, 0) is 0 Å². The van der Waals surface area contributed by atoms with E-state index >= 15 is 0 Å². The predicted molar refractivity (Wildman–Crippen MR) is 67.3 cm³/mol. The van der Waals surface area contributed by atoms with Gasteiger partial charge in [-0.05, 0) is 25.7 Å². The summed E-state index contributed by atoms with van der Waals surface area (Å²) < 4.78 is 0. The summed E-state index contributed by atoms with van der Waals surface area (Å²) >= 11 is 5.11. The number of urea groups is 1. The smallest absolute Gasteiger partial charge is 0.318 e. The van der Waals surface area contributed by atoms with Crippen LogP contribution in [0.1, 0.15) is 38.5 Å². The third-order valence-corrected chi connectivity index (χ3v) is 4.06. The number of hydrogen-bond acceptors (Lipinski definition) is 2. The van der Waals surface area contributed by atoms with Gasteiger partial charge in [-0.25, -0.2) is 4.79 Å². The van der Waals surface area contributed by atoms with Gasteiger partial charge in [-0.1, -0.05) is 25.1 Å². The molecule has 0 bridgehead atoms. The van der Waals surface area contributed by atoms with Crippen molar-refractivity contribution in [2.45, 2.75) is 44.1 Å². The average molecular weight is 241 g/mol. The van der Waals surface area contributed by atoms with Crippen molar-refractivity contribution in [2.75, 3.05) is 13.1 Å². The molecule has 0 aromatic heterocycles. The molecule has 2 fully saturated rings. The number of thiocarbonyl (C=S) groups is 1. The van der Waals surface area contributed by atoms with E-state index < -0.39 is 5.54 Å². The van der Waals surface area contributed by atoms with Crippen molar-refractivity contribution in [3.05, 3.63) is 0 Å². The Morgan fingerprint density at radius 1 is 1.19 bits per heavy atom. The number of likely N-dealkylation sites (tertiary alicyclic amines) is 1. The Kier molecular flexibility index (Phi) is 3.33. The summed E-state index contributed by atoms with van der Waals surface area (Å²) in [5.74, 6) is 0. The zero-order valence-electron chi connectivity index (χ0n) is 9.50. The van der Waals surface area contributed by atoms with Crippen LogP contribution in [0.3, 0.4) is 0 Å². The number of hydrogen-bond donors (Lipinski definition) is 2. The third-order valence-electron chi connectivity index (χ3n) is 3.67. The molecular weight excluding hydrogens is 222 g/mol. The molecule has 2 amide bonds. The van der Waals surface area contributed by atoms with E-state index in [0.29, 0.717) is 4.99 Å². The van der Waals surface area contributed by atoms with Gasteiger partial charge in [0.15, 0.2) is 0 Å². The summed E-state index contributed by atoms with van der Waals surface area (Å²) in [5, 5.41) is 3.05. The number of rotatable bonds is 2. The van der Waals surface area contributed by atoms with Crippen LogP contribution in [0.15, 0.2) is 0 Å². The van der Waals surface area contributed by atoms with Gasteiger partial charge in [-0.3, -0.25) is 0 Å². The highest BCUT2D eigenvalue weighted by molar-refractivity contribution is 7.80. The molecule has 90 valence electrons. The van der Waals surface area contributed by atoms with Crippen molar-refractivity contribution in [3.63, 3.8) is 0 Å². The monoisotopic (exact) mass is 241 g/mol. The second-order valence-electron chi connectivity index (χ2n) is 4.78. The van der Waals surface area contributed by atoms with Crippen molar-refractivity contribution in [3.8, 4) is 0 Å². The first-order chi connectivity index (χ1) is 7.64. The summed E-state index contributed by atoms with van der Waals surface area (Å²) in [6.07, 6.45) is 6.18. The maximum Gasteiger partial charge on any atom is 0.318 e. The van der Waals surface area contributed by atoms with E-state index in [1.165, 1.54) is 0 Å². The van der Waals surface area contributed by atoms with E-state index in [9.17, 15) is 4.79 Å². The van der Waals surface area contributed by atoms with Gasteiger partial charge in [0, 0.05) is 13.1 Å². The van der Waals surface area contributed by atoms with Crippen LogP contribution in [0.2, 0.25) is 0 Å². The summed E-state index contributed by atoms with van der Waals surface area (Å²) in [6.45, 7) is 1.72. The van der Waals surface area contributed by atoms with Gasteiger partial charge in [0.25, 0.3) is 0 Å². The predicted octanol–water partition coefficient (Wildman–Crippen LogP) is 1.39. The van der Waals surface area contributed by atoms with E-state index in [1.54, 1.807) is 0 Å². The topological polar surface area (TPSA) is 58.4 Å². The lowest BCUT2D eigenvalue weighted by molar-refractivity contribution is 0.201. The first kappa shape index (κ1) is 11.6. The minimum atomic E-state index is -0.408. The Bertz CT molecular complexity index is 294. The van der Waals surface area contributed by atoms with Crippen molar-refractivity contribution in [2.24, 2.45) is 5.73 Å². The van der Waals surface area contributed by atoms with Crippen molar-refractivity contribution in [1.29, 1.82) is 0 Å². The fourth-order valence-corrected chi connectivity index (χ4v) is 2.87. The highest BCUT2D eigenvalue weighted by Crippen LogP contribution is 2.30. The number of carbonyl (C=O) groups excluding carboxylic acids is 1. The van der Waals surface area contributed by atoms with Crippen LogP contribution >= 0.6 is 12.2 Å². The lowest BCUT2D eigenvalue weighted by Crippen LogP contribution is -2.57. The SMILES string of the molecule is NC(=S)C1(NC(=O)N2CCCC2)CCCC1. The van der Waals surface area contributed by atoms with Crippen molar-refractivity contribution in [1.82, 2.24) is 10.2 Å². The molecule has 1 aliphatic heterocycles. The van der Waals surface area contributed by atoms with Crippen LogP contribution in [0.4, 0.5) is 4.79 Å². The summed E-state index contributed by atoms with van der Waals surface area (Å²) in [4.78, 5) is 14.3. The van der Waals surface area contributed by atoms with Crippen LogP contribution in [0.5, 0.6) is 0 Å². The molecule has 16 heavy (non-hydrogen) atoms. The van der Waals surface area contributed by atoms with Gasteiger partial charge in [0.2, 0.25) is 0 Å². The standard InChI is InChI=1S/C11H19N3OS/c12-9(16)11(5-1-2-6-11)13-10(15)14-7-3-4-8-14/h1-8H2,(H2,12,16)(H,13,15). The van der Waals surface area contributed by atoms with Crippen LogP contribution < -0.4 is 11.1 Å². The van der Waals surface area contributed by atoms with E-state index in [4.69, 9.17) is 18.0 Å². The van der Waals surface area contributed by atoms with Gasteiger partial charge < -0.3 is 16.0 Å². The molecule has 0 spiro atoms. The average Bonchev–Trinajstić information content (AvgIpc) is 2.88. The molecule has 2 aliphatic rings. The molecule has 1 aliphatic carbocycles. The highest BCUT2D eigenvalue weighted by atomic mass is 32.1. The number of carbonyl (C=O) groups is 1.